The number of hydrogen-bond acceptors (Lipinski definition) is 8. The number of fused-ring (bicyclic) bond motifs is 8. The molecular formula is C36H17N3O6. The normalized spacial score (nSPS) is 13.6. The van der Waals surface area contributed by atoms with Gasteiger partial charge in [0.25, 0.3) is 6.01 Å². The fourth-order valence-electron chi connectivity index (χ4n) is 6.46. The highest BCUT2D eigenvalue weighted by molar-refractivity contribution is 6.33. The number of nitrogens with zero attached hydrogens (tertiary/aromatic N) is 1. The number of pyridine rings is 1. The molecule has 9 rings (SSSR count). The number of nitrogens with one attached hydrogen (secondary N) is 2. The molecule has 0 saturated carbocycles. The average Bonchev–Trinajstić information content (AvgIpc) is 3.46. The van der Waals surface area contributed by atoms with Gasteiger partial charge in [0, 0.05) is 49.8 Å². The van der Waals surface area contributed by atoms with E-state index in [2.05, 4.69) is 15.3 Å². The third kappa shape index (κ3) is 3.37. The van der Waals surface area contributed by atoms with Crippen LogP contribution in [0.25, 0.3) is 32.9 Å². The van der Waals surface area contributed by atoms with Gasteiger partial charge in [0.2, 0.25) is 0 Å². The number of carbonyl (C=O) groups excluding carboxylic acids is 4. The van der Waals surface area contributed by atoms with Gasteiger partial charge in [0.05, 0.1) is 22.2 Å². The van der Waals surface area contributed by atoms with Gasteiger partial charge in [-0.25, -0.2) is 0 Å². The molecule has 0 radical (unpaired) electrons. The molecule has 0 aliphatic heterocycles. The van der Waals surface area contributed by atoms with E-state index in [1.165, 1.54) is 18.2 Å². The quantitative estimate of drug-likeness (QED) is 0.231. The number of carbonyl (C=O) groups is 4. The zero-order valence-electron chi connectivity index (χ0n) is 23.1. The first-order chi connectivity index (χ1) is 21.9. The second kappa shape index (κ2) is 8.77. The number of oxazole rings is 1. The van der Waals surface area contributed by atoms with E-state index in [1.807, 2.05) is 0 Å². The van der Waals surface area contributed by atoms with Gasteiger partial charge in [0.1, 0.15) is 5.52 Å². The molecule has 45 heavy (non-hydrogen) atoms. The molecule has 0 amide bonds. The maximum atomic E-state index is 14.0. The van der Waals surface area contributed by atoms with E-state index in [9.17, 15) is 24.0 Å². The standard InChI is InChI=1S/C36H17N3O6/c40-31-16-7-1-2-8-17(16)32(41)22-15-27-25(13-21(22)31)38-36(45-27)39-26-14-23-28(34(43)19-10-4-3-9-18(19)33(23)42)30-29(26)35(44)20-11-5-6-12-24(20)37-30/h1-15H,(H,37,44)(H,38,39). The number of para-hydroxylation sites is 1. The van der Waals surface area contributed by atoms with E-state index in [1.54, 1.807) is 72.8 Å². The SMILES string of the molecule is O=C1c2ccccc2C(=O)c2cc3oc(Nc4cc5c(c6[nH]c7ccccc7c(=O)c46)C(=O)c4ccccc4C5=O)nc3cc21. The van der Waals surface area contributed by atoms with E-state index in [4.69, 9.17) is 4.42 Å². The largest absolute Gasteiger partial charge is 0.423 e. The average molecular weight is 588 g/mol. The summed E-state index contributed by atoms with van der Waals surface area (Å²) < 4.78 is 5.98. The molecule has 2 N–H and O–H groups in total. The maximum absolute atomic E-state index is 14.0. The number of ketones is 4. The highest BCUT2D eigenvalue weighted by Gasteiger charge is 2.34. The molecule has 0 spiro atoms. The molecule has 0 atom stereocenters. The van der Waals surface area contributed by atoms with Crippen LogP contribution in [0.3, 0.4) is 0 Å². The number of anilines is 2. The van der Waals surface area contributed by atoms with Crippen LogP contribution in [0.1, 0.15) is 63.7 Å². The summed E-state index contributed by atoms with van der Waals surface area (Å²) in [4.78, 5) is 75.7. The molecule has 5 aromatic carbocycles. The van der Waals surface area contributed by atoms with Crippen molar-refractivity contribution in [3.05, 3.63) is 146 Å². The van der Waals surface area contributed by atoms with Crippen LogP contribution in [0.5, 0.6) is 0 Å². The fraction of sp³-hybridized carbons (Fsp3) is 0. The molecule has 2 aliphatic carbocycles. The van der Waals surface area contributed by atoms with Crippen molar-refractivity contribution in [2.75, 3.05) is 5.32 Å². The van der Waals surface area contributed by atoms with Gasteiger partial charge in [0.15, 0.2) is 34.1 Å². The predicted molar refractivity (Wildman–Crippen MR) is 166 cm³/mol. The summed E-state index contributed by atoms with van der Waals surface area (Å²) in [5, 5.41) is 3.59. The minimum Gasteiger partial charge on any atom is -0.423 e. The Kier molecular flexibility index (Phi) is 4.89. The zero-order chi connectivity index (χ0) is 30.6. The van der Waals surface area contributed by atoms with E-state index < -0.39 is 0 Å². The second-order valence-electron chi connectivity index (χ2n) is 11.0. The van der Waals surface area contributed by atoms with Crippen molar-refractivity contribution < 1.29 is 23.6 Å². The molecule has 9 nitrogen and oxygen atoms in total. The smallest absolute Gasteiger partial charge is 0.300 e. The Hall–Kier alpha value is -6.48. The molecule has 2 heterocycles. The highest BCUT2D eigenvalue weighted by Crippen LogP contribution is 2.38. The Morgan fingerprint density at radius 3 is 1.87 bits per heavy atom. The first kappa shape index (κ1) is 25.1. The van der Waals surface area contributed by atoms with Crippen molar-refractivity contribution in [3.63, 3.8) is 0 Å². The number of aromatic nitrogens is 2. The Morgan fingerprint density at radius 2 is 1.18 bits per heavy atom. The number of H-pyrrole nitrogens is 1. The Bertz CT molecular complexity index is 2550. The minimum absolute atomic E-state index is 0.0337. The number of aromatic amines is 1. The van der Waals surface area contributed by atoms with Gasteiger partial charge in [-0.05, 0) is 30.3 Å². The van der Waals surface area contributed by atoms with Crippen molar-refractivity contribution in [3.8, 4) is 0 Å². The summed E-state index contributed by atoms with van der Waals surface area (Å²) in [6, 6.07) is 24.6. The molecule has 0 bridgehead atoms. The van der Waals surface area contributed by atoms with E-state index in [0.29, 0.717) is 27.5 Å². The fourth-order valence-corrected chi connectivity index (χ4v) is 6.46. The molecule has 2 aromatic heterocycles. The lowest BCUT2D eigenvalue weighted by atomic mass is 9.82. The third-order valence-electron chi connectivity index (χ3n) is 8.55. The number of hydrogen-bond donors (Lipinski definition) is 2. The second-order valence-corrected chi connectivity index (χ2v) is 11.0. The summed E-state index contributed by atoms with van der Waals surface area (Å²) in [6.45, 7) is 0. The van der Waals surface area contributed by atoms with E-state index in [0.717, 1.165) is 0 Å². The lowest BCUT2D eigenvalue weighted by Crippen LogP contribution is -2.23. The Morgan fingerprint density at radius 1 is 0.600 bits per heavy atom. The first-order valence-corrected chi connectivity index (χ1v) is 14.1. The summed E-state index contributed by atoms with van der Waals surface area (Å²) in [7, 11) is 0. The first-order valence-electron chi connectivity index (χ1n) is 14.1. The lowest BCUT2D eigenvalue weighted by Gasteiger charge is -2.21. The Balaban J connectivity index is 1.25. The van der Waals surface area contributed by atoms with Crippen LogP contribution in [-0.2, 0) is 0 Å². The van der Waals surface area contributed by atoms with Crippen molar-refractivity contribution in [1.82, 2.24) is 9.97 Å². The molecular weight excluding hydrogens is 570 g/mol. The lowest BCUT2D eigenvalue weighted by molar-refractivity contribution is 0.0979. The predicted octanol–water partition coefficient (Wildman–Crippen LogP) is 6.12. The topological polar surface area (TPSA) is 139 Å². The zero-order valence-corrected chi connectivity index (χ0v) is 23.1. The molecule has 9 heteroatoms. The monoisotopic (exact) mass is 587 g/mol. The van der Waals surface area contributed by atoms with Crippen LogP contribution in [0.2, 0.25) is 0 Å². The summed E-state index contributed by atoms with van der Waals surface area (Å²) in [5.74, 6) is -1.32. The Labute approximate surface area is 252 Å². The molecule has 7 aromatic rings. The van der Waals surface area contributed by atoms with Gasteiger partial charge in [-0.1, -0.05) is 60.7 Å². The molecule has 2 aliphatic rings. The summed E-state index contributed by atoms with van der Waals surface area (Å²) in [5.41, 5.74) is 2.98. The van der Waals surface area contributed by atoms with Gasteiger partial charge < -0.3 is 14.7 Å². The molecule has 212 valence electrons. The maximum Gasteiger partial charge on any atom is 0.300 e. The van der Waals surface area contributed by atoms with Gasteiger partial charge in [-0.3, -0.25) is 24.0 Å². The van der Waals surface area contributed by atoms with Crippen LogP contribution in [0, 0.1) is 0 Å². The van der Waals surface area contributed by atoms with Crippen LogP contribution < -0.4 is 10.7 Å². The van der Waals surface area contributed by atoms with Crippen molar-refractivity contribution in [1.29, 1.82) is 0 Å². The highest BCUT2D eigenvalue weighted by atomic mass is 16.4. The summed E-state index contributed by atoms with van der Waals surface area (Å²) in [6.07, 6.45) is 0. The van der Waals surface area contributed by atoms with Crippen LogP contribution in [0.4, 0.5) is 11.7 Å². The molecule has 0 fully saturated rings. The van der Waals surface area contributed by atoms with Crippen LogP contribution in [-0.4, -0.2) is 33.1 Å². The van der Waals surface area contributed by atoms with E-state index in [-0.39, 0.29) is 90.1 Å². The van der Waals surface area contributed by atoms with Crippen LogP contribution in [0.15, 0.2) is 100 Å². The van der Waals surface area contributed by atoms with Crippen LogP contribution >= 0.6 is 0 Å². The van der Waals surface area contributed by atoms with E-state index >= 15 is 0 Å². The van der Waals surface area contributed by atoms with Crippen molar-refractivity contribution >= 4 is 67.7 Å². The van der Waals surface area contributed by atoms with Gasteiger partial charge in [-0.15, -0.1) is 0 Å². The third-order valence-corrected chi connectivity index (χ3v) is 8.55. The van der Waals surface area contributed by atoms with Crippen molar-refractivity contribution in [2.45, 2.75) is 0 Å². The van der Waals surface area contributed by atoms with Gasteiger partial charge in [-0.2, -0.15) is 4.98 Å². The minimum atomic E-state index is -0.370. The van der Waals surface area contributed by atoms with Crippen molar-refractivity contribution in [2.24, 2.45) is 0 Å². The van der Waals surface area contributed by atoms with Gasteiger partial charge >= 0.3 is 0 Å². The number of benzene rings is 5. The molecule has 0 saturated heterocycles. The summed E-state index contributed by atoms with van der Waals surface area (Å²) >= 11 is 0. The molecule has 0 unspecified atom stereocenters. The number of rotatable bonds is 2.